The van der Waals surface area contributed by atoms with E-state index in [9.17, 15) is 4.79 Å². The average molecular weight is 493 g/mol. The number of methoxy groups -OCH3 is 1. The lowest BCUT2D eigenvalue weighted by Gasteiger charge is -2.14. The summed E-state index contributed by atoms with van der Waals surface area (Å²) in [6.07, 6.45) is 6.00. The molecular weight excluding hydrogens is 468 g/mol. The smallest absolute Gasteiger partial charge is 0.247 e. The number of carbonyl (C=O) groups is 1. The lowest BCUT2D eigenvalue weighted by molar-refractivity contribution is -0.111. The highest BCUT2D eigenvalue weighted by molar-refractivity contribution is 6.08. The minimum Gasteiger partial charge on any atom is -0.493 e. The molecule has 0 aliphatic carbocycles. The Kier molecular flexibility index (Phi) is 6.25. The molecule has 9 heteroatoms. The lowest BCUT2D eigenvalue weighted by atomic mass is 9.98. The summed E-state index contributed by atoms with van der Waals surface area (Å²) in [4.78, 5) is 24.5. The number of aryl methyl sites for hydroxylation is 1. The summed E-state index contributed by atoms with van der Waals surface area (Å²) in [5, 5.41) is 3.50. The maximum Gasteiger partial charge on any atom is 0.247 e. The monoisotopic (exact) mass is 492 g/mol. The Morgan fingerprint density at radius 2 is 1.76 bits per heavy atom. The molecule has 0 fully saturated rings. The van der Waals surface area contributed by atoms with Crippen LogP contribution in [0.2, 0.25) is 0 Å². The molecule has 2 aromatic carbocycles. The molecule has 184 valence electrons. The second-order valence-corrected chi connectivity index (χ2v) is 8.16. The first-order valence-electron chi connectivity index (χ1n) is 11.4. The van der Waals surface area contributed by atoms with Gasteiger partial charge in [-0.05, 0) is 53.6 Å². The number of benzene rings is 2. The Labute approximate surface area is 213 Å². The predicted octanol–water partition coefficient (Wildman–Crippen LogP) is 5.20. The van der Waals surface area contributed by atoms with Crippen LogP contribution >= 0.6 is 0 Å². The fourth-order valence-electron chi connectivity index (χ4n) is 4.24. The van der Waals surface area contributed by atoms with Crippen molar-refractivity contribution < 1.29 is 14.3 Å². The zero-order valence-electron chi connectivity index (χ0n) is 20.3. The van der Waals surface area contributed by atoms with Crippen LogP contribution in [0, 0.1) is 0 Å². The molecule has 0 aliphatic rings. The van der Waals surface area contributed by atoms with E-state index < -0.39 is 0 Å². The van der Waals surface area contributed by atoms with Crippen LogP contribution in [0.4, 0.5) is 11.5 Å². The Bertz CT molecular complexity index is 1610. The predicted molar refractivity (Wildman–Crippen MR) is 143 cm³/mol. The van der Waals surface area contributed by atoms with Gasteiger partial charge < -0.3 is 25.1 Å². The van der Waals surface area contributed by atoms with Gasteiger partial charge >= 0.3 is 0 Å². The minimum atomic E-state index is -0.276. The summed E-state index contributed by atoms with van der Waals surface area (Å²) < 4.78 is 13.7. The molecule has 0 saturated heterocycles. The van der Waals surface area contributed by atoms with E-state index >= 15 is 0 Å². The molecule has 37 heavy (non-hydrogen) atoms. The number of fused-ring (bicyclic) bond motifs is 1. The topological polar surface area (TPSA) is 117 Å². The second kappa shape index (κ2) is 9.82. The number of anilines is 2. The van der Waals surface area contributed by atoms with Crippen molar-refractivity contribution in [3.05, 3.63) is 86.0 Å². The van der Waals surface area contributed by atoms with Crippen LogP contribution in [0.25, 0.3) is 33.4 Å². The first-order valence-corrected chi connectivity index (χ1v) is 11.4. The number of amides is 1. The van der Waals surface area contributed by atoms with E-state index in [-0.39, 0.29) is 5.91 Å². The van der Waals surface area contributed by atoms with E-state index in [0.717, 1.165) is 27.8 Å². The number of ether oxygens (including phenoxy) is 2. The van der Waals surface area contributed by atoms with Gasteiger partial charge in [0.2, 0.25) is 5.91 Å². The zero-order valence-corrected chi connectivity index (χ0v) is 20.3. The molecule has 5 rings (SSSR count). The Balaban J connectivity index is 1.66. The maximum absolute atomic E-state index is 11.7. The summed E-state index contributed by atoms with van der Waals surface area (Å²) in [6, 6.07) is 16.8. The van der Waals surface area contributed by atoms with Crippen molar-refractivity contribution >= 4 is 28.4 Å². The molecule has 0 unspecified atom stereocenters. The van der Waals surface area contributed by atoms with Crippen LogP contribution in [-0.4, -0.2) is 32.5 Å². The number of nitrogens with one attached hydrogen (secondary N) is 1. The van der Waals surface area contributed by atoms with Crippen LogP contribution in [0.15, 0.2) is 86.0 Å². The van der Waals surface area contributed by atoms with Crippen molar-refractivity contribution in [1.82, 2.24) is 19.5 Å². The molecule has 5 aromatic rings. The molecule has 0 aliphatic heterocycles. The van der Waals surface area contributed by atoms with Crippen molar-refractivity contribution in [2.75, 3.05) is 18.2 Å². The highest BCUT2D eigenvalue weighted by Crippen LogP contribution is 2.44. The molecule has 1 amide bonds. The van der Waals surface area contributed by atoms with Crippen molar-refractivity contribution in [3.8, 4) is 39.6 Å². The molecule has 9 nitrogen and oxygen atoms in total. The zero-order chi connectivity index (χ0) is 25.9. The fraction of sp³-hybridized carbons (Fsp3) is 0.0714. The Hall–Kier alpha value is -5.18. The van der Waals surface area contributed by atoms with E-state index in [4.69, 9.17) is 15.2 Å². The minimum absolute atomic E-state index is 0.276. The van der Waals surface area contributed by atoms with Gasteiger partial charge in [0.25, 0.3) is 0 Å². The molecule has 3 aromatic heterocycles. The fourth-order valence-corrected chi connectivity index (χ4v) is 4.24. The number of carbonyl (C=O) groups excluding carboxylic acids is 1. The maximum atomic E-state index is 11.7. The van der Waals surface area contributed by atoms with Gasteiger partial charge in [0.15, 0.2) is 11.5 Å². The molecular formula is C28H24N6O3. The number of hydrogen-bond acceptors (Lipinski definition) is 7. The number of aromatic nitrogens is 4. The Morgan fingerprint density at radius 3 is 2.46 bits per heavy atom. The van der Waals surface area contributed by atoms with E-state index in [0.29, 0.717) is 34.4 Å². The molecule has 3 N–H and O–H groups in total. The van der Waals surface area contributed by atoms with Gasteiger partial charge in [0.05, 0.1) is 18.2 Å². The van der Waals surface area contributed by atoms with E-state index in [1.54, 1.807) is 31.6 Å². The molecule has 0 atom stereocenters. The first kappa shape index (κ1) is 23.6. The number of nitrogens with zero attached hydrogens (tertiary/aromatic N) is 4. The summed E-state index contributed by atoms with van der Waals surface area (Å²) in [5.41, 5.74) is 11.2. The van der Waals surface area contributed by atoms with Crippen molar-refractivity contribution in [3.63, 3.8) is 0 Å². The quantitative estimate of drug-likeness (QED) is 0.300. The number of pyridine rings is 1. The standard InChI is InChI=1S/C28H24N6O3/c1-4-23(35)33-19-8-5-17(6-9-19)26-24(25-27(29)31-16-32-28(25)34(26)2)18-7-10-21(22(15-18)36-3)37-20-11-13-30-14-12-20/h4-16H,1H2,2-3H3,(H,33,35)(H2,29,31,32). The third-order valence-corrected chi connectivity index (χ3v) is 5.94. The van der Waals surface area contributed by atoms with Gasteiger partial charge in [-0.1, -0.05) is 24.8 Å². The van der Waals surface area contributed by atoms with Crippen LogP contribution in [0.1, 0.15) is 0 Å². The highest BCUT2D eigenvalue weighted by atomic mass is 16.5. The largest absolute Gasteiger partial charge is 0.493 e. The van der Waals surface area contributed by atoms with Gasteiger partial charge in [-0.15, -0.1) is 0 Å². The number of rotatable bonds is 7. The van der Waals surface area contributed by atoms with E-state index in [2.05, 4.69) is 26.8 Å². The third kappa shape index (κ3) is 4.45. The molecule has 3 heterocycles. The van der Waals surface area contributed by atoms with Crippen molar-refractivity contribution in [2.45, 2.75) is 0 Å². The van der Waals surface area contributed by atoms with Gasteiger partial charge in [0, 0.05) is 30.7 Å². The second-order valence-electron chi connectivity index (χ2n) is 8.16. The molecule has 0 spiro atoms. The summed E-state index contributed by atoms with van der Waals surface area (Å²) in [5.74, 6) is 1.85. The van der Waals surface area contributed by atoms with Crippen molar-refractivity contribution in [1.29, 1.82) is 0 Å². The van der Waals surface area contributed by atoms with Gasteiger partial charge in [-0.25, -0.2) is 9.97 Å². The SMILES string of the molecule is C=CC(=O)Nc1ccc(-c2c(-c3ccc(Oc4ccncc4)c(OC)c3)c3c(N)ncnc3n2C)cc1. The summed E-state index contributed by atoms with van der Waals surface area (Å²) >= 11 is 0. The van der Waals surface area contributed by atoms with Crippen LogP contribution in [-0.2, 0) is 11.8 Å². The number of nitrogens with two attached hydrogens (primary N) is 1. The third-order valence-electron chi connectivity index (χ3n) is 5.94. The van der Waals surface area contributed by atoms with Crippen LogP contribution in [0.3, 0.4) is 0 Å². The van der Waals surface area contributed by atoms with Gasteiger partial charge in [0.1, 0.15) is 23.5 Å². The molecule has 0 saturated carbocycles. The lowest BCUT2D eigenvalue weighted by Crippen LogP contribution is -2.06. The van der Waals surface area contributed by atoms with Crippen LogP contribution in [0.5, 0.6) is 17.2 Å². The number of hydrogen-bond donors (Lipinski definition) is 2. The Morgan fingerprint density at radius 1 is 1.03 bits per heavy atom. The van der Waals surface area contributed by atoms with E-state index in [1.165, 1.54) is 12.4 Å². The summed E-state index contributed by atoms with van der Waals surface area (Å²) in [7, 11) is 3.52. The first-order chi connectivity index (χ1) is 18.0. The normalized spacial score (nSPS) is 10.8. The average Bonchev–Trinajstić information content (AvgIpc) is 3.23. The van der Waals surface area contributed by atoms with Gasteiger partial charge in [-0.2, -0.15) is 0 Å². The highest BCUT2D eigenvalue weighted by Gasteiger charge is 2.23. The number of nitrogen functional groups attached to an aromatic ring is 1. The van der Waals surface area contributed by atoms with Crippen molar-refractivity contribution in [2.24, 2.45) is 7.05 Å². The molecule has 0 bridgehead atoms. The molecule has 0 radical (unpaired) electrons. The van der Waals surface area contributed by atoms with Gasteiger partial charge in [-0.3, -0.25) is 9.78 Å². The van der Waals surface area contributed by atoms with E-state index in [1.807, 2.05) is 54.1 Å². The summed E-state index contributed by atoms with van der Waals surface area (Å²) in [6.45, 7) is 3.49. The van der Waals surface area contributed by atoms with Crippen LogP contribution < -0.4 is 20.5 Å².